The van der Waals surface area contributed by atoms with Gasteiger partial charge in [-0.1, -0.05) is 13.0 Å². The van der Waals surface area contributed by atoms with Gasteiger partial charge in [-0.25, -0.2) is 4.98 Å². The number of nitrogens with one attached hydrogen (secondary N) is 2. The largest absolute Gasteiger partial charge is 0.381 e. The summed E-state index contributed by atoms with van der Waals surface area (Å²) in [5, 5.41) is 3.73. The first-order valence-corrected chi connectivity index (χ1v) is 11.8. The minimum Gasteiger partial charge on any atom is -0.381 e. The van der Waals surface area contributed by atoms with Crippen molar-refractivity contribution in [3.05, 3.63) is 55.9 Å². The molecule has 2 aliphatic rings. The fourth-order valence-corrected chi connectivity index (χ4v) is 6.19. The molecule has 31 heavy (non-hydrogen) atoms. The van der Waals surface area contributed by atoms with Gasteiger partial charge in [-0.3, -0.25) is 9.59 Å². The summed E-state index contributed by atoms with van der Waals surface area (Å²) in [7, 11) is 1.74. The average Bonchev–Trinajstić information content (AvgIpc) is 3.32. The number of rotatable bonds is 5. The maximum absolute atomic E-state index is 12.7. The predicted molar refractivity (Wildman–Crippen MR) is 123 cm³/mol. The lowest BCUT2D eigenvalue weighted by Gasteiger charge is -2.17. The molecule has 162 valence electrons. The third kappa shape index (κ3) is 4.04. The Hall–Kier alpha value is -2.51. The highest BCUT2D eigenvalue weighted by molar-refractivity contribution is 7.18. The van der Waals surface area contributed by atoms with Crippen molar-refractivity contribution in [3.63, 3.8) is 0 Å². The molecule has 2 atom stereocenters. The summed E-state index contributed by atoms with van der Waals surface area (Å²) in [6.45, 7) is 2.26. The second-order valence-corrected chi connectivity index (χ2v) is 9.93. The molecular formula is C24H27N3O3S. The zero-order chi connectivity index (χ0) is 21.5. The Morgan fingerprint density at radius 1 is 1.29 bits per heavy atom. The van der Waals surface area contributed by atoms with E-state index >= 15 is 0 Å². The van der Waals surface area contributed by atoms with Crippen molar-refractivity contribution >= 4 is 33.1 Å². The van der Waals surface area contributed by atoms with Crippen molar-refractivity contribution in [2.45, 2.75) is 58.0 Å². The van der Waals surface area contributed by atoms with Crippen LogP contribution in [0.3, 0.4) is 0 Å². The van der Waals surface area contributed by atoms with Gasteiger partial charge in [0.2, 0.25) is 5.91 Å². The zero-order valence-electron chi connectivity index (χ0n) is 17.9. The number of hydrogen-bond acceptors (Lipinski definition) is 5. The lowest BCUT2D eigenvalue weighted by Crippen LogP contribution is -2.17. The summed E-state index contributed by atoms with van der Waals surface area (Å²) in [6, 6.07) is 6.05. The van der Waals surface area contributed by atoms with E-state index in [0.717, 1.165) is 48.0 Å². The Balaban J connectivity index is 1.26. The summed E-state index contributed by atoms with van der Waals surface area (Å²) < 4.78 is 5.45. The van der Waals surface area contributed by atoms with Crippen LogP contribution in [-0.2, 0) is 41.6 Å². The predicted octanol–water partition coefficient (Wildman–Crippen LogP) is 3.79. The molecule has 6 nitrogen and oxygen atoms in total. The van der Waals surface area contributed by atoms with Crippen LogP contribution in [0.1, 0.15) is 47.2 Å². The summed E-state index contributed by atoms with van der Waals surface area (Å²) in [5.74, 6) is 1.15. The number of nitrogens with zero attached hydrogens (tertiary/aromatic N) is 1. The van der Waals surface area contributed by atoms with Gasteiger partial charge < -0.3 is 15.0 Å². The van der Waals surface area contributed by atoms with Crippen LogP contribution in [0.15, 0.2) is 23.0 Å². The number of fused-ring (bicyclic) bond motifs is 4. The number of aromatic amines is 1. The molecule has 2 unspecified atom stereocenters. The van der Waals surface area contributed by atoms with Crippen LogP contribution in [0.4, 0.5) is 5.69 Å². The molecule has 0 bridgehead atoms. The van der Waals surface area contributed by atoms with Gasteiger partial charge in [0, 0.05) is 30.5 Å². The Morgan fingerprint density at radius 2 is 2.13 bits per heavy atom. The lowest BCUT2D eigenvalue weighted by molar-refractivity contribution is -0.116. The number of amides is 1. The first-order chi connectivity index (χ1) is 15.0. The monoisotopic (exact) mass is 437 g/mol. The molecule has 2 aromatic heterocycles. The topological polar surface area (TPSA) is 84.1 Å². The SMILES string of the molecule is COC1Cc2ccc(NC(=O)CCc3nc4sc5c(c4c(=O)[nH]3)CCC(C)C5)cc2C1. The fourth-order valence-electron chi connectivity index (χ4n) is 4.79. The summed E-state index contributed by atoms with van der Waals surface area (Å²) in [5.41, 5.74) is 4.43. The van der Waals surface area contributed by atoms with Gasteiger partial charge in [0.15, 0.2) is 0 Å². The van der Waals surface area contributed by atoms with Crippen LogP contribution in [0.25, 0.3) is 10.2 Å². The second-order valence-electron chi connectivity index (χ2n) is 8.84. The van der Waals surface area contributed by atoms with Crippen LogP contribution in [0, 0.1) is 5.92 Å². The van der Waals surface area contributed by atoms with E-state index in [1.807, 2.05) is 12.1 Å². The van der Waals surface area contributed by atoms with E-state index in [2.05, 4.69) is 28.3 Å². The van der Waals surface area contributed by atoms with E-state index in [4.69, 9.17) is 4.74 Å². The van der Waals surface area contributed by atoms with Crippen molar-refractivity contribution in [2.24, 2.45) is 5.92 Å². The van der Waals surface area contributed by atoms with Crippen molar-refractivity contribution in [1.29, 1.82) is 0 Å². The number of ether oxygens (including phenoxy) is 1. The quantitative estimate of drug-likeness (QED) is 0.636. The molecule has 5 rings (SSSR count). The van der Waals surface area contributed by atoms with Gasteiger partial charge in [0.05, 0.1) is 11.5 Å². The third-order valence-corrected chi connectivity index (χ3v) is 7.67. The van der Waals surface area contributed by atoms with Gasteiger partial charge in [-0.15, -0.1) is 11.3 Å². The highest BCUT2D eigenvalue weighted by atomic mass is 32.1. The first kappa shape index (κ1) is 20.4. The molecule has 1 amide bonds. The molecule has 2 N–H and O–H groups in total. The second kappa shape index (κ2) is 8.20. The van der Waals surface area contributed by atoms with Crippen molar-refractivity contribution in [2.75, 3.05) is 12.4 Å². The summed E-state index contributed by atoms with van der Waals surface area (Å²) in [6.07, 6.45) is 5.81. The highest BCUT2D eigenvalue weighted by Crippen LogP contribution is 2.35. The fraction of sp³-hybridized carbons (Fsp3) is 0.458. The van der Waals surface area contributed by atoms with E-state index in [1.165, 1.54) is 21.6 Å². The molecule has 2 aliphatic carbocycles. The zero-order valence-corrected chi connectivity index (χ0v) is 18.7. The molecule has 3 aromatic rings. The number of thiophene rings is 1. The molecule has 0 spiro atoms. The number of anilines is 1. The number of carbonyl (C=O) groups excluding carboxylic acids is 1. The minimum atomic E-state index is -0.0803. The maximum atomic E-state index is 12.7. The maximum Gasteiger partial charge on any atom is 0.259 e. The standard InChI is InChI=1S/C24H27N3O3S/c1-13-3-6-18-19(9-13)31-24-22(18)23(29)26-20(27-24)7-8-21(28)25-16-5-4-14-11-17(30-2)12-15(14)10-16/h4-5,10,13,17H,3,6-9,11-12H2,1-2H3,(H,25,28)(H,26,27,29). The Morgan fingerprint density at radius 3 is 2.97 bits per heavy atom. The molecular weight excluding hydrogens is 410 g/mol. The van der Waals surface area contributed by atoms with Crippen LogP contribution in [0.5, 0.6) is 0 Å². The van der Waals surface area contributed by atoms with Crippen molar-refractivity contribution in [3.8, 4) is 0 Å². The number of aryl methyl sites for hydroxylation is 2. The number of hydrogen-bond donors (Lipinski definition) is 2. The third-order valence-electron chi connectivity index (χ3n) is 6.52. The number of methoxy groups -OCH3 is 1. The number of carbonyl (C=O) groups is 1. The Bertz CT molecular complexity index is 1210. The molecule has 7 heteroatoms. The minimum absolute atomic E-state index is 0.0706. The molecule has 0 saturated carbocycles. The lowest BCUT2D eigenvalue weighted by atomic mass is 9.89. The smallest absolute Gasteiger partial charge is 0.259 e. The Labute approximate surface area is 185 Å². The normalized spacial score (nSPS) is 19.9. The van der Waals surface area contributed by atoms with Crippen LogP contribution in [0.2, 0.25) is 0 Å². The number of aromatic nitrogens is 2. The number of benzene rings is 1. The van der Waals surface area contributed by atoms with Gasteiger partial charge in [-0.2, -0.15) is 0 Å². The average molecular weight is 438 g/mol. The van der Waals surface area contributed by atoms with Crippen molar-refractivity contribution < 1.29 is 9.53 Å². The number of H-pyrrole nitrogens is 1. The summed E-state index contributed by atoms with van der Waals surface area (Å²) in [4.78, 5) is 34.9. The van der Waals surface area contributed by atoms with Gasteiger partial charge in [0.25, 0.3) is 5.56 Å². The van der Waals surface area contributed by atoms with E-state index in [-0.39, 0.29) is 24.0 Å². The van der Waals surface area contributed by atoms with Crippen molar-refractivity contribution in [1.82, 2.24) is 9.97 Å². The molecule has 2 heterocycles. The van der Waals surface area contributed by atoms with Crippen LogP contribution >= 0.6 is 11.3 Å². The molecule has 0 aliphatic heterocycles. The molecule has 0 saturated heterocycles. The van der Waals surface area contributed by atoms with Gasteiger partial charge in [0.1, 0.15) is 10.7 Å². The highest BCUT2D eigenvalue weighted by Gasteiger charge is 2.23. The van der Waals surface area contributed by atoms with E-state index in [9.17, 15) is 9.59 Å². The van der Waals surface area contributed by atoms with Gasteiger partial charge >= 0.3 is 0 Å². The molecule has 0 radical (unpaired) electrons. The molecule has 1 aromatic carbocycles. The van der Waals surface area contributed by atoms with E-state index in [0.29, 0.717) is 18.2 Å². The first-order valence-electron chi connectivity index (χ1n) is 11.0. The molecule has 0 fully saturated rings. The van der Waals surface area contributed by atoms with E-state index < -0.39 is 0 Å². The van der Waals surface area contributed by atoms with Crippen LogP contribution in [-0.4, -0.2) is 29.1 Å². The Kier molecular flexibility index (Phi) is 5.40. The van der Waals surface area contributed by atoms with Gasteiger partial charge in [-0.05, 0) is 66.8 Å². The van der Waals surface area contributed by atoms with E-state index in [1.54, 1.807) is 18.4 Å². The summed E-state index contributed by atoms with van der Waals surface area (Å²) >= 11 is 1.64. The van der Waals surface area contributed by atoms with Crippen LogP contribution < -0.4 is 10.9 Å².